The molecule has 2 unspecified atom stereocenters. The van der Waals surface area contributed by atoms with Crippen LogP contribution in [0.2, 0.25) is 0 Å². The first-order chi connectivity index (χ1) is 7.96. The van der Waals surface area contributed by atoms with E-state index >= 15 is 0 Å². The van der Waals surface area contributed by atoms with Gasteiger partial charge in [0.25, 0.3) is 5.00 Å². The van der Waals surface area contributed by atoms with Crippen molar-refractivity contribution in [2.75, 3.05) is 0 Å². The first-order valence-corrected chi connectivity index (χ1v) is 5.55. The number of benzene rings is 1. The zero-order valence-electron chi connectivity index (χ0n) is 8.85. The molecule has 0 radical (unpaired) electrons. The van der Waals surface area contributed by atoms with Gasteiger partial charge in [0.15, 0.2) is 5.00 Å². The van der Waals surface area contributed by atoms with Gasteiger partial charge in [0.2, 0.25) is 0 Å². The number of ether oxygens (including phenoxy) is 1. The zero-order valence-corrected chi connectivity index (χ0v) is 10.4. The highest BCUT2D eigenvalue weighted by Gasteiger charge is 2.58. The average molecular weight is 274 g/mol. The molecule has 0 aromatic heterocycles. The smallest absolute Gasteiger partial charge is 0.361 e. The summed E-state index contributed by atoms with van der Waals surface area (Å²) in [6, 6.07) is 8.53. The summed E-state index contributed by atoms with van der Waals surface area (Å²) in [7, 11) is 0. The number of esters is 1. The Morgan fingerprint density at radius 1 is 1.35 bits per heavy atom. The molecule has 0 fully saturated rings. The van der Waals surface area contributed by atoms with Crippen LogP contribution in [0, 0.1) is 0 Å². The molecule has 0 saturated heterocycles. The number of nitrogens with one attached hydrogen (secondary N) is 1. The second-order valence-corrected chi connectivity index (χ2v) is 4.94. The van der Waals surface area contributed by atoms with Gasteiger partial charge in [0.05, 0.1) is 0 Å². The first kappa shape index (κ1) is 12.1. The Kier molecular flexibility index (Phi) is 2.97. The second-order valence-electron chi connectivity index (χ2n) is 3.64. The van der Waals surface area contributed by atoms with Crippen LogP contribution in [0.4, 0.5) is 0 Å². The van der Waals surface area contributed by atoms with Gasteiger partial charge in [0.1, 0.15) is 5.75 Å². The minimum Gasteiger partial charge on any atom is -0.424 e. The van der Waals surface area contributed by atoms with Crippen molar-refractivity contribution >= 4 is 29.2 Å². The van der Waals surface area contributed by atoms with Gasteiger partial charge >= 0.3 is 5.97 Å². The third-order valence-corrected chi connectivity index (χ3v) is 3.36. The molecule has 1 aromatic carbocycles. The van der Waals surface area contributed by atoms with Gasteiger partial charge in [-0.3, -0.25) is 5.43 Å². The summed E-state index contributed by atoms with van der Waals surface area (Å²) in [6.45, 7) is 1.49. The lowest BCUT2D eigenvalue weighted by Gasteiger charge is -2.26. The van der Waals surface area contributed by atoms with E-state index in [1.807, 2.05) is 0 Å². The first-order valence-electron chi connectivity index (χ1n) is 4.80. The van der Waals surface area contributed by atoms with Crippen LogP contribution in [0.15, 0.2) is 40.7 Å². The van der Waals surface area contributed by atoms with E-state index in [4.69, 9.17) is 27.9 Å². The van der Waals surface area contributed by atoms with E-state index in [0.717, 1.165) is 0 Å². The van der Waals surface area contributed by atoms with Crippen LogP contribution < -0.4 is 10.2 Å². The van der Waals surface area contributed by atoms with E-state index in [1.54, 1.807) is 30.3 Å². The average Bonchev–Trinajstić information content (AvgIpc) is 2.56. The molecular weight excluding hydrogens is 265 g/mol. The molecule has 0 spiro atoms. The Bertz CT molecular complexity index is 464. The minimum atomic E-state index is -1.77. The fourth-order valence-corrected chi connectivity index (χ4v) is 1.52. The van der Waals surface area contributed by atoms with Crippen LogP contribution in [0.3, 0.4) is 0 Å². The van der Waals surface area contributed by atoms with Crippen LogP contribution >= 0.6 is 23.2 Å². The highest BCUT2D eigenvalue weighted by atomic mass is 35.5. The summed E-state index contributed by atoms with van der Waals surface area (Å²) in [5.74, 6) is -0.413. The predicted molar refractivity (Wildman–Crippen MR) is 62.9 cm³/mol. The molecular formula is C10H9Cl2N3O2. The fourth-order valence-electron chi connectivity index (χ4n) is 1.25. The number of carbonyl (C=O) groups excluding carboxylic acids is 1. The van der Waals surface area contributed by atoms with E-state index in [0.29, 0.717) is 5.75 Å². The number of hydrogen-bond acceptors (Lipinski definition) is 5. The summed E-state index contributed by atoms with van der Waals surface area (Å²) in [5.41, 5.74) is 2.44. The lowest BCUT2D eigenvalue weighted by molar-refractivity contribution is -0.138. The zero-order chi connectivity index (χ0) is 12.5. The molecule has 0 amide bonds. The van der Waals surface area contributed by atoms with Crippen LogP contribution in [-0.4, -0.2) is 16.0 Å². The third-order valence-electron chi connectivity index (χ3n) is 2.29. The fraction of sp³-hybridized carbons (Fsp3) is 0.300. The summed E-state index contributed by atoms with van der Waals surface area (Å²) < 4.78 is 5.09. The second kappa shape index (κ2) is 4.16. The maximum atomic E-state index is 11.9. The molecule has 5 nitrogen and oxygen atoms in total. The van der Waals surface area contributed by atoms with Gasteiger partial charge in [-0.15, -0.1) is 5.11 Å². The molecule has 1 aromatic rings. The number of para-hydroxylation sites is 1. The number of carbonyl (C=O) groups is 1. The largest absolute Gasteiger partial charge is 0.424 e. The van der Waals surface area contributed by atoms with Crippen molar-refractivity contribution in [3.63, 3.8) is 0 Å². The van der Waals surface area contributed by atoms with Gasteiger partial charge in [-0.2, -0.15) is 0 Å². The lowest BCUT2D eigenvalue weighted by Crippen LogP contribution is -2.53. The molecule has 17 heavy (non-hydrogen) atoms. The quantitative estimate of drug-likeness (QED) is 0.390. The Balaban J connectivity index is 2.19. The Hall–Kier alpha value is -1.33. The minimum absolute atomic E-state index is 0.368. The van der Waals surface area contributed by atoms with Crippen molar-refractivity contribution in [1.29, 1.82) is 0 Å². The summed E-state index contributed by atoms with van der Waals surface area (Å²) in [4.78, 5) is 8.83. The SMILES string of the molecule is CC1(Cl)NN=NC1(Cl)C(=O)Oc1ccccc1. The monoisotopic (exact) mass is 273 g/mol. The van der Waals surface area contributed by atoms with Gasteiger partial charge in [-0.25, -0.2) is 4.79 Å². The Morgan fingerprint density at radius 2 is 2.00 bits per heavy atom. The molecule has 1 heterocycles. The van der Waals surface area contributed by atoms with E-state index in [-0.39, 0.29) is 0 Å². The summed E-state index contributed by atoms with van der Waals surface area (Å²) in [5, 5.41) is 7.05. The van der Waals surface area contributed by atoms with E-state index in [1.165, 1.54) is 6.92 Å². The maximum absolute atomic E-state index is 11.9. The number of rotatable bonds is 2. The number of halogens is 2. The molecule has 0 aliphatic carbocycles. The maximum Gasteiger partial charge on any atom is 0.361 e. The molecule has 90 valence electrons. The van der Waals surface area contributed by atoms with E-state index < -0.39 is 16.0 Å². The van der Waals surface area contributed by atoms with Crippen LogP contribution in [0.1, 0.15) is 6.92 Å². The molecule has 7 heteroatoms. The van der Waals surface area contributed by atoms with Crippen molar-refractivity contribution in [2.24, 2.45) is 10.3 Å². The molecule has 1 N–H and O–H groups in total. The topological polar surface area (TPSA) is 63.0 Å². The molecule has 2 rings (SSSR count). The molecule has 1 aliphatic heterocycles. The molecule has 0 bridgehead atoms. The highest BCUT2D eigenvalue weighted by molar-refractivity contribution is 6.42. The molecule has 0 saturated carbocycles. The molecule has 1 aliphatic rings. The molecule has 2 atom stereocenters. The van der Waals surface area contributed by atoms with Gasteiger partial charge in [-0.1, -0.05) is 46.6 Å². The summed E-state index contributed by atoms with van der Waals surface area (Å²) >= 11 is 12.0. The van der Waals surface area contributed by atoms with E-state index in [9.17, 15) is 4.79 Å². The van der Waals surface area contributed by atoms with Crippen molar-refractivity contribution in [3.05, 3.63) is 30.3 Å². The van der Waals surface area contributed by atoms with E-state index in [2.05, 4.69) is 15.8 Å². The Morgan fingerprint density at radius 3 is 2.53 bits per heavy atom. The van der Waals surface area contributed by atoms with Crippen LogP contribution in [0.5, 0.6) is 5.75 Å². The van der Waals surface area contributed by atoms with Crippen LogP contribution in [-0.2, 0) is 4.79 Å². The van der Waals surface area contributed by atoms with Crippen molar-refractivity contribution < 1.29 is 9.53 Å². The Labute approximate surface area is 108 Å². The number of hydrogen-bond donors (Lipinski definition) is 1. The van der Waals surface area contributed by atoms with Crippen LogP contribution in [0.25, 0.3) is 0 Å². The summed E-state index contributed by atoms with van der Waals surface area (Å²) in [6.07, 6.45) is 0. The number of nitrogens with zero attached hydrogens (tertiary/aromatic N) is 2. The highest BCUT2D eigenvalue weighted by Crippen LogP contribution is 2.39. The van der Waals surface area contributed by atoms with Crippen molar-refractivity contribution in [3.8, 4) is 5.75 Å². The number of alkyl halides is 2. The third kappa shape index (κ3) is 2.08. The van der Waals surface area contributed by atoms with Gasteiger partial charge in [-0.05, 0) is 19.1 Å². The van der Waals surface area contributed by atoms with Crippen molar-refractivity contribution in [1.82, 2.24) is 5.43 Å². The van der Waals surface area contributed by atoms with Gasteiger partial charge < -0.3 is 4.74 Å². The standard InChI is InChI=1S/C10H9Cl2N3O2/c1-9(11)10(12,14-15-13-9)8(16)17-7-5-3-2-4-6-7/h2-6H,1H3,(H,13,14). The predicted octanol–water partition coefficient (Wildman–Crippen LogP) is 2.45. The van der Waals surface area contributed by atoms with Gasteiger partial charge in [0, 0.05) is 0 Å². The normalized spacial score (nSPS) is 31.0. The lowest BCUT2D eigenvalue weighted by atomic mass is 10.1. The van der Waals surface area contributed by atoms with Crippen molar-refractivity contribution in [2.45, 2.75) is 16.9 Å².